The molecule has 1 radical (unpaired) electrons. The maximum atomic E-state index is 0. The normalized spacial score (nSPS) is 0. The van der Waals surface area contributed by atoms with Gasteiger partial charge in [0.2, 0.25) is 0 Å². The minimum absolute atomic E-state index is 0. The van der Waals surface area contributed by atoms with Gasteiger partial charge in [0.1, 0.15) is 0 Å². The van der Waals surface area contributed by atoms with E-state index < -0.39 is 0 Å². The average Bonchev–Trinajstić information content (AvgIpc) is 0. The summed E-state index contributed by atoms with van der Waals surface area (Å²) >= 11 is 0. The van der Waals surface area contributed by atoms with Gasteiger partial charge in [-0.1, -0.05) is 0 Å². The third kappa shape index (κ3) is 11.1. The van der Waals surface area contributed by atoms with Gasteiger partial charge < -0.3 is 12.3 Å². The number of rotatable bonds is 0. The van der Waals surface area contributed by atoms with Gasteiger partial charge in [-0.05, 0) is 0 Å². The van der Waals surface area contributed by atoms with Crippen molar-refractivity contribution in [3.63, 3.8) is 0 Å². The van der Waals surface area contributed by atoms with Crippen LogP contribution >= 0.6 is 0 Å². The second-order valence-corrected chi connectivity index (χ2v) is 0. The van der Waals surface area contributed by atoms with Gasteiger partial charge in [0.15, 0.2) is 0 Å². The summed E-state index contributed by atoms with van der Waals surface area (Å²) in [6, 6.07) is 0. The van der Waals surface area contributed by atoms with Crippen LogP contribution in [0.2, 0.25) is 0 Å². The molecule has 4 heteroatoms. The predicted octanol–water partition coefficient (Wildman–Crippen LogP) is 0.319. The second-order valence-electron chi connectivity index (χ2n) is 0. The fourth-order valence-electron chi connectivity index (χ4n) is 0. The molecule has 0 aliphatic heterocycles. The van der Waals surface area contributed by atoms with Crippen molar-refractivity contribution in [3.8, 4) is 0 Å². The van der Waals surface area contributed by atoms with E-state index in [9.17, 15) is 0 Å². The Morgan fingerprint density at radius 2 is 0.750 bits per heavy atom. The first kappa shape index (κ1) is 68.7. The fraction of sp³-hybridized carbons (Fsp3) is 0. The Morgan fingerprint density at radius 3 is 0.750 bits per heavy atom. The first-order chi connectivity index (χ1) is 0. The van der Waals surface area contributed by atoms with E-state index in [0.29, 0.717) is 0 Å². The van der Waals surface area contributed by atoms with Gasteiger partial charge in [-0.3, -0.25) is 0 Å². The summed E-state index contributed by atoms with van der Waals surface area (Å²) in [7, 11) is 0. The summed E-state index contributed by atoms with van der Waals surface area (Å²) in [5.74, 6) is 0. The van der Waals surface area contributed by atoms with Crippen LogP contribution in [0.5, 0.6) is 0 Å². The molecule has 4 heavy (non-hydrogen) atoms. The Balaban J connectivity index is 0. The van der Waals surface area contributed by atoms with Gasteiger partial charge in [0.25, 0.3) is 0 Å². The van der Waals surface area contributed by atoms with E-state index in [2.05, 4.69) is 0 Å². The molecule has 0 aromatic carbocycles. The van der Waals surface area contributed by atoms with Crippen molar-refractivity contribution in [3.05, 3.63) is 0 Å². The van der Waals surface area contributed by atoms with E-state index in [-0.39, 0.29) is 50.4 Å². The van der Waals surface area contributed by atoms with E-state index >= 15 is 0 Å². The van der Waals surface area contributed by atoms with Gasteiger partial charge in [-0.2, -0.15) is 0 Å². The van der Waals surface area contributed by atoms with Crippen LogP contribution in [0, 0.1) is 0 Å². The van der Waals surface area contributed by atoms with Crippen molar-refractivity contribution < 1.29 is 38.1 Å². The molecule has 0 spiro atoms. The van der Waals surface area contributed by atoms with Crippen molar-refractivity contribution >= 4 is 0 Å². The zero-order valence-electron chi connectivity index (χ0n) is 2.12. The summed E-state index contributed by atoms with van der Waals surface area (Å²) in [5.41, 5.74) is 0. The van der Waals surface area contributed by atoms with Crippen molar-refractivity contribution in [2.24, 2.45) is 0 Å². The summed E-state index contributed by atoms with van der Waals surface area (Å²) in [6.45, 7) is 0. The fourth-order valence-corrected chi connectivity index (χ4v) is 0. The molecule has 0 bridgehead atoms. The van der Waals surface area contributed by atoms with E-state index in [1.54, 1.807) is 0 Å². The monoisotopic (exact) mass is 281 g/mol. The summed E-state index contributed by atoms with van der Waals surface area (Å²) in [5, 5.41) is 0. The molecule has 0 heterocycles. The maximum absolute atomic E-state index is 0. The van der Waals surface area contributed by atoms with E-state index in [1.807, 2.05) is 0 Å². The van der Waals surface area contributed by atoms with Crippen LogP contribution in [0.4, 0.5) is 0 Å². The van der Waals surface area contributed by atoms with Crippen molar-refractivity contribution in [1.82, 2.24) is 12.3 Å². The van der Waals surface area contributed by atoms with Crippen molar-refractivity contribution in [2.45, 2.75) is 0 Å². The van der Waals surface area contributed by atoms with E-state index in [0.717, 1.165) is 0 Å². The molecule has 0 aliphatic rings. The van der Waals surface area contributed by atoms with Crippen LogP contribution in [0.1, 0.15) is 0 Å². The third-order valence-corrected chi connectivity index (χ3v) is 0. The molecule has 6 N–H and O–H groups in total. The molecule has 0 rings (SSSR count). The number of hydrogen-bond donors (Lipinski definition) is 2. The molecule has 0 amide bonds. The molecule has 2 nitrogen and oxygen atoms in total. The third-order valence-electron chi connectivity index (χ3n) is 0. The van der Waals surface area contributed by atoms with Crippen LogP contribution in [-0.2, 0) is 38.1 Å². The van der Waals surface area contributed by atoms with Crippen LogP contribution < -0.4 is 12.3 Å². The Hall–Kier alpha value is 1.13. The quantitative estimate of drug-likeness (QED) is 0.628. The van der Waals surface area contributed by atoms with Crippen LogP contribution in [0.3, 0.4) is 0 Å². The second kappa shape index (κ2) is 31.7. The zero-order chi connectivity index (χ0) is 0. The molecule has 0 unspecified atom stereocenters. The topological polar surface area (TPSA) is 70.0 Å². The summed E-state index contributed by atoms with van der Waals surface area (Å²) in [4.78, 5) is 0. The number of hydrogen-bond acceptors (Lipinski definition) is 2. The van der Waals surface area contributed by atoms with E-state index in [1.165, 1.54) is 0 Å². The van der Waals surface area contributed by atoms with Crippen molar-refractivity contribution in [1.29, 1.82) is 0 Å². The van der Waals surface area contributed by atoms with Crippen LogP contribution in [0.15, 0.2) is 0 Å². The van der Waals surface area contributed by atoms with Gasteiger partial charge in [-0.15, -0.1) is 0 Å². The largest absolute Gasteiger partial charge is 0.344 e. The van der Waals surface area contributed by atoms with Crippen molar-refractivity contribution in [2.75, 3.05) is 0 Å². The predicted molar refractivity (Wildman–Crippen MR) is 10.0 cm³/mol. The molecule has 0 saturated carbocycles. The molecular weight excluding hydrogens is 275 g/mol. The molecule has 33 valence electrons. The molecular formula is H6CuN2W. The Bertz CT molecular complexity index is 6.00. The molecule has 0 atom stereocenters. The average molecular weight is 281 g/mol. The Morgan fingerprint density at radius 1 is 0.750 bits per heavy atom. The molecule has 0 aromatic rings. The zero-order valence-corrected chi connectivity index (χ0v) is 6.00. The Kier molecular flexibility index (Phi) is 545. The smallest absolute Gasteiger partial charge is 0 e. The standard InChI is InChI=1S/Cu.2H3N.W/h;2*1H3;. The molecule has 0 aliphatic carbocycles. The van der Waals surface area contributed by atoms with Gasteiger partial charge in [0.05, 0.1) is 0 Å². The SMILES string of the molecule is N.N.[Cu].[W]. The molecule has 0 aromatic heterocycles. The first-order valence-electron chi connectivity index (χ1n) is 0. The summed E-state index contributed by atoms with van der Waals surface area (Å²) in [6.07, 6.45) is 0. The van der Waals surface area contributed by atoms with Crippen LogP contribution in [0.25, 0.3) is 0 Å². The van der Waals surface area contributed by atoms with E-state index in [4.69, 9.17) is 0 Å². The minimum atomic E-state index is 0. The van der Waals surface area contributed by atoms with Gasteiger partial charge in [-0.25, -0.2) is 0 Å². The Labute approximate surface area is 50.6 Å². The first-order valence-corrected chi connectivity index (χ1v) is 0. The van der Waals surface area contributed by atoms with Gasteiger partial charge >= 0.3 is 0 Å². The molecule has 0 fully saturated rings. The van der Waals surface area contributed by atoms with Gasteiger partial charge in [0, 0.05) is 38.1 Å². The minimum Gasteiger partial charge on any atom is -0.344 e. The molecule has 0 saturated heterocycles. The maximum Gasteiger partial charge on any atom is 0 e. The summed E-state index contributed by atoms with van der Waals surface area (Å²) < 4.78 is 0. The van der Waals surface area contributed by atoms with Crippen LogP contribution in [-0.4, -0.2) is 0 Å².